The molecule has 128 valence electrons. The lowest BCUT2D eigenvalue weighted by Crippen LogP contribution is -2.19. The maximum Gasteiger partial charge on any atom is 0.154 e. The molecule has 3 aromatic rings. The van der Waals surface area contributed by atoms with Crippen LogP contribution >= 0.6 is 0 Å². The van der Waals surface area contributed by atoms with Crippen LogP contribution in [0.3, 0.4) is 0 Å². The van der Waals surface area contributed by atoms with Crippen molar-refractivity contribution in [3.8, 4) is 0 Å². The van der Waals surface area contributed by atoms with E-state index < -0.39 is 5.82 Å². The van der Waals surface area contributed by atoms with E-state index in [1.165, 1.54) is 36.4 Å². The first-order valence-electron chi connectivity index (χ1n) is 7.84. The summed E-state index contributed by atoms with van der Waals surface area (Å²) in [7, 11) is 0. The van der Waals surface area contributed by atoms with Gasteiger partial charge < -0.3 is 0 Å². The smallest absolute Gasteiger partial charge is 0.154 e. The molecule has 0 amide bonds. The molecule has 0 bridgehead atoms. The number of halogens is 3. The Morgan fingerprint density at radius 3 is 1.88 bits per heavy atom. The number of amidine groups is 1. The molecule has 1 aliphatic rings. The Morgan fingerprint density at radius 1 is 0.654 bits per heavy atom. The van der Waals surface area contributed by atoms with Crippen LogP contribution < -0.4 is 5.43 Å². The van der Waals surface area contributed by atoms with E-state index in [-0.39, 0.29) is 11.6 Å². The Kier molecular flexibility index (Phi) is 4.01. The Balaban J connectivity index is 1.85. The first kappa shape index (κ1) is 16.1. The van der Waals surface area contributed by atoms with Crippen molar-refractivity contribution in [2.75, 3.05) is 0 Å². The molecule has 4 rings (SSSR count). The summed E-state index contributed by atoms with van der Waals surface area (Å²) >= 11 is 0. The monoisotopic (exact) mass is 351 g/mol. The Bertz CT molecular complexity index is 1020. The normalized spacial score (nSPS) is 13.2. The van der Waals surface area contributed by atoms with Gasteiger partial charge in [0.05, 0.1) is 5.69 Å². The Hall–Kier alpha value is -3.41. The van der Waals surface area contributed by atoms with Gasteiger partial charge in [0.2, 0.25) is 0 Å². The van der Waals surface area contributed by atoms with Gasteiger partial charge in [-0.15, -0.1) is 0 Å². The zero-order valence-electron chi connectivity index (χ0n) is 13.4. The summed E-state index contributed by atoms with van der Waals surface area (Å²) < 4.78 is 40.2. The van der Waals surface area contributed by atoms with Crippen molar-refractivity contribution in [1.29, 1.82) is 0 Å². The molecule has 0 fully saturated rings. The van der Waals surface area contributed by atoms with Gasteiger partial charge in [-0.2, -0.15) is 5.10 Å². The standard InChI is InChI=1S/C20H12F3N3/c21-14-5-1-12(2-6-14)19-17-11-16(23)9-10-18(17)24-20(26-25-19)13-3-7-15(22)8-4-13/h1-11H,(H,24,26). The van der Waals surface area contributed by atoms with Crippen LogP contribution in [0, 0.1) is 17.5 Å². The van der Waals surface area contributed by atoms with Crippen LogP contribution in [0.25, 0.3) is 0 Å². The largest absolute Gasteiger partial charge is 0.260 e. The molecule has 0 radical (unpaired) electrons. The highest BCUT2D eigenvalue weighted by Crippen LogP contribution is 2.26. The van der Waals surface area contributed by atoms with E-state index in [1.807, 2.05) is 0 Å². The van der Waals surface area contributed by atoms with Crippen molar-refractivity contribution in [2.24, 2.45) is 10.1 Å². The molecule has 1 aliphatic heterocycles. The first-order valence-corrected chi connectivity index (χ1v) is 7.84. The SMILES string of the molecule is Fc1ccc(C2=Nc3ccc(F)cc3C(c3ccc(F)cc3)=NN2)cc1. The Labute approximate surface area is 147 Å². The van der Waals surface area contributed by atoms with Crippen molar-refractivity contribution < 1.29 is 13.2 Å². The fourth-order valence-corrected chi connectivity index (χ4v) is 2.67. The van der Waals surface area contributed by atoms with E-state index in [2.05, 4.69) is 15.5 Å². The summed E-state index contributed by atoms with van der Waals surface area (Å²) in [4.78, 5) is 4.50. The minimum absolute atomic E-state index is 0.360. The van der Waals surface area contributed by atoms with Gasteiger partial charge >= 0.3 is 0 Å². The molecule has 0 saturated heterocycles. The topological polar surface area (TPSA) is 36.8 Å². The highest BCUT2D eigenvalue weighted by molar-refractivity contribution is 6.17. The number of nitrogens with one attached hydrogen (secondary N) is 1. The molecule has 0 spiro atoms. The third-order valence-electron chi connectivity index (χ3n) is 3.95. The molecule has 0 saturated carbocycles. The number of aliphatic imine (C=N–C) groups is 1. The van der Waals surface area contributed by atoms with Crippen LogP contribution in [0.4, 0.5) is 18.9 Å². The highest BCUT2D eigenvalue weighted by Gasteiger charge is 2.18. The Morgan fingerprint density at radius 2 is 1.23 bits per heavy atom. The van der Waals surface area contributed by atoms with E-state index in [1.54, 1.807) is 30.3 Å². The molecule has 0 aromatic heterocycles. The second-order valence-electron chi connectivity index (χ2n) is 5.71. The third kappa shape index (κ3) is 3.09. The number of hydrogen-bond donors (Lipinski definition) is 1. The van der Waals surface area contributed by atoms with Gasteiger partial charge in [-0.3, -0.25) is 5.43 Å². The highest BCUT2D eigenvalue weighted by atomic mass is 19.1. The minimum Gasteiger partial charge on any atom is -0.260 e. The lowest BCUT2D eigenvalue weighted by atomic mass is 10.0. The lowest BCUT2D eigenvalue weighted by molar-refractivity contribution is 0.627. The summed E-state index contributed by atoms with van der Waals surface area (Å²) in [6, 6.07) is 15.7. The first-order chi connectivity index (χ1) is 12.6. The van der Waals surface area contributed by atoms with Gasteiger partial charge in [-0.25, -0.2) is 18.2 Å². The van der Waals surface area contributed by atoms with Gasteiger partial charge in [-0.1, -0.05) is 0 Å². The van der Waals surface area contributed by atoms with Gasteiger partial charge in [-0.05, 0) is 66.7 Å². The van der Waals surface area contributed by atoms with Crippen LogP contribution in [-0.4, -0.2) is 11.5 Å². The number of rotatable bonds is 2. The summed E-state index contributed by atoms with van der Waals surface area (Å²) in [6.07, 6.45) is 0. The van der Waals surface area contributed by atoms with Crippen LogP contribution in [0.5, 0.6) is 0 Å². The third-order valence-corrected chi connectivity index (χ3v) is 3.95. The second kappa shape index (κ2) is 6.48. The zero-order valence-corrected chi connectivity index (χ0v) is 13.4. The molecule has 1 heterocycles. The molecular weight excluding hydrogens is 339 g/mol. The number of fused-ring (bicyclic) bond motifs is 1. The molecule has 1 N–H and O–H groups in total. The van der Waals surface area contributed by atoms with Crippen LogP contribution in [-0.2, 0) is 0 Å². The molecule has 6 heteroatoms. The molecular formula is C20H12F3N3. The summed E-state index contributed by atoms with van der Waals surface area (Å²) in [6.45, 7) is 0. The molecule has 3 aromatic carbocycles. The zero-order chi connectivity index (χ0) is 18.1. The van der Waals surface area contributed by atoms with Crippen molar-refractivity contribution >= 4 is 17.2 Å². The van der Waals surface area contributed by atoms with Crippen LogP contribution in [0.1, 0.15) is 16.7 Å². The van der Waals surface area contributed by atoms with Crippen molar-refractivity contribution in [2.45, 2.75) is 0 Å². The summed E-state index contributed by atoms with van der Waals surface area (Å²) in [5, 5.41) is 4.34. The average molecular weight is 351 g/mol. The van der Waals surface area contributed by atoms with Gasteiger partial charge in [0.25, 0.3) is 0 Å². The van der Waals surface area contributed by atoms with E-state index in [0.717, 1.165) is 0 Å². The fourth-order valence-electron chi connectivity index (χ4n) is 2.67. The van der Waals surface area contributed by atoms with Crippen LogP contribution in [0.2, 0.25) is 0 Å². The lowest BCUT2D eigenvalue weighted by Gasteiger charge is -2.07. The number of hydrogen-bond acceptors (Lipinski definition) is 3. The second-order valence-corrected chi connectivity index (χ2v) is 5.71. The van der Waals surface area contributed by atoms with Crippen LogP contribution in [0.15, 0.2) is 76.8 Å². The van der Waals surface area contributed by atoms with Crippen molar-refractivity contribution in [1.82, 2.24) is 5.43 Å². The van der Waals surface area contributed by atoms with Crippen molar-refractivity contribution in [3.63, 3.8) is 0 Å². The summed E-state index contributed by atoms with van der Waals surface area (Å²) in [5.41, 5.74) is 5.49. The van der Waals surface area contributed by atoms with E-state index in [9.17, 15) is 13.2 Å². The molecule has 0 aliphatic carbocycles. The molecule has 26 heavy (non-hydrogen) atoms. The molecule has 3 nitrogen and oxygen atoms in total. The van der Waals surface area contributed by atoms with E-state index in [0.29, 0.717) is 33.9 Å². The van der Waals surface area contributed by atoms with Crippen molar-refractivity contribution in [3.05, 3.63) is 101 Å². The maximum atomic E-state index is 13.8. The fraction of sp³-hybridized carbons (Fsp3) is 0. The number of benzene rings is 3. The van der Waals surface area contributed by atoms with Gasteiger partial charge in [0, 0.05) is 16.7 Å². The molecule has 0 atom stereocenters. The van der Waals surface area contributed by atoms with Gasteiger partial charge in [0.1, 0.15) is 23.2 Å². The maximum absolute atomic E-state index is 13.8. The van der Waals surface area contributed by atoms with E-state index >= 15 is 0 Å². The number of nitrogens with zero attached hydrogens (tertiary/aromatic N) is 2. The average Bonchev–Trinajstić information content (AvgIpc) is 2.83. The predicted molar refractivity (Wildman–Crippen MR) is 94.2 cm³/mol. The number of hydrazone groups is 1. The minimum atomic E-state index is -0.431. The predicted octanol–water partition coefficient (Wildman–Crippen LogP) is 4.54. The van der Waals surface area contributed by atoms with Gasteiger partial charge in [0.15, 0.2) is 5.84 Å². The summed E-state index contributed by atoms with van der Waals surface area (Å²) in [5.74, 6) is -0.770. The quantitative estimate of drug-likeness (QED) is 0.723. The molecule has 0 unspecified atom stereocenters. The van der Waals surface area contributed by atoms with E-state index in [4.69, 9.17) is 0 Å².